The molecule has 0 atom stereocenters. The quantitative estimate of drug-likeness (QED) is 0.665. The van der Waals surface area contributed by atoms with E-state index in [9.17, 15) is 17.6 Å². The van der Waals surface area contributed by atoms with E-state index in [4.69, 9.17) is 0 Å². The lowest BCUT2D eigenvalue weighted by Crippen LogP contribution is -2.15. The molecule has 5 nitrogen and oxygen atoms in total. The first-order valence-electron chi connectivity index (χ1n) is 8.52. The number of rotatable bonds is 5. The highest BCUT2D eigenvalue weighted by atomic mass is 32.2. The molecule has 0 aromatic heterocycles. The summed E-state index contributed by atoms with van der Waals surface area (Å²) < 4.78 is 40.2. The fourth-order valence-electron chi connectivity index (χ4n) is 2.58. The second-order valence-corrected chi connectivity index (χ2v) is 8.09. The van der Waals surface area contributed by atoms with Crippen LogP contribution in [0.25, 0.3) is 0 Å². The minimum absolute atomic E-state index is 0.000103. The molecule has 0 unspecified atom stereocenters. The van der Waals surface area contributed by atoms with Crippen LogP contribution in [-0.4, -0.2) is 14.3 Å². The van der Waals surface area contributed by atoms with E-state index in [2.05, 4.69) is 10.0 Å². The van der Waals surface area contributed by atoms with Gasteiger partial charge in [0, 0.05) is 16.9 Å². The molecule has 3 aromatic rings. The molecular weight excluding hydrogens is 379 g/mol. The lowest BCUT2D eigenvalue weighted by Gasteiger charge is -2.11. The fraction of sp³-hybridized carbons (Fsp3) is 0.0952. The summed E-state index contributed by atoms with van der Waals surface area (Å²) in [5, 5.41) is 2.83. The maximum atomic E-state index is 13.0. The van der Waals surface area contributed by atoms with Gasteiger partial charge in [0.2, 0.25) is 0 Å². The Bertz CT molecular complexity index is 1110. The van der Waals surface area contributed by atoms with Crippen molar-refractivity contribution in [1.82, 2.24) is 0 Å². The van der Waals surface area contributed by atoms with Crippen molar-refractivity contribution in [3.8, 4) is 0 Å². The van der Waals surface area contributed by atoms with E-state index >= 15 is 0 Å². The summed E-state index contributed by atoms with van der Waals surface area (Å²) in [5.41, 5.74) is 3.25. The van der Waals surface area contributed by atoms with Crippen molar-refractivity contribution in [3.05, 3.63) is 89.2 Å². The van der Waals surface area contributed by atoms with Crippen LogP contribution in [0.5, 0.6) is 0 Å². The summed E-state index contributed by atoms with van der Waals surface area (Å²) in [7, 11) is -3.84. The molecule has 3 rings (SSSR count). The second-order valence-electron chi connectivity index (χ2n) is 6.41. The molecule has 0 aliphatic heterocycles. The lowest BCUT2D eigenvalue weighted by atomic mass is 10.1. The van der Waals surface area contributed by atoms with Crippen LogP contribution in [0.15, 0.2) is 71.6 Å². The van der Waals surface area contributed by atoms with Crippen molar-refractivity contribution in [2.45, 2.75) is 18.7 Å². The first-order valence-corrected chi connectivity index (χ1v) is 10.00. The first kappa shape index (κ1) is 19.6. The third-order valence-corrected chi connectivity index (χ3v) is 5.56. The Labute approximate surface area is 163 Å². The largest absolute Gasteiger partial charge is 0.322 e. The molecule has 0 spiro atoms. The van der Waals surface area contributed by atoms with Crippen LogP contribution in [0.2, 0.25) is 0 Å². The number of hydrogen-bond donors (Lipinski definition) is 2. The van der Waals surface area contributed by atoms with Gasteiger partial charge in [-0.2, -0.15) is 0 Å². The van der Waals surface area contributed by atoms with Crippen molar-refractivity contribution in [2.24, 2.45) is 0 Å². The maximum Gasteiger partial charge on any atom is 0.261 e. The van der Waals surface area contributed by atoms with Crippen LogP contribution in [0.1, 0.15) is 21.5 Å². The van der Waals surface area contributed by atoms with E-state index in [1.54, 1.807) is 0 Å². The number of carbonyl (C=O) groups is 1. The van der Waals surface area contributed by atoms with Gasteiger partial charge in [-0.25, -0.2) is 12.8 Å². The Hall–Kier alpha value is -3.19. The molecule has 28 heavy (non-hydrogen) atoms. The zero-order valence-corrected chi connectivity index (χ0v) is 16.2. The normalized spacial score (nSPS) is 11.1. The van der Waals surface area contributed by atoms with Crippen LogP contribution in [0.3, 0.4) is 0 Å². The Morgan fingerprint density at radius 2 is 1.54 bits per heavy atom. The number of hydrogen-bond acceptors (Lipinski definition) is 3. The summed E-state index contributed by atoms with van der Waals surface area (Å²) in [6.07, 6.45) is 0. The van der Waals surface area contributed by atoms with Gasteiger partial charge < -0.3 is 5.32 Å². The molecule has 7 heteroatoms. The van der Waals surface area contributed by atoms with Gasteiger partial charge in [-0.3, -0.25) is 9.52 Å². The third-order valence-electron chi connectivity index (χ3n) is 4.16. The van der Waals surface area contributed by atoms with Gasteiger partial charge in [0.25, 0.3) is 15.9 Å². The van der Waals surface area contributed by atoms with E-state index < -0.39 is 15.8 Å². The average Bonchev–Trinajstić information content (AvgIpc) is 2.66. The highest BCUT2D eigenvalue weighted by Crippen LogP contribution is 2.20. The molecular formula is C21H19FN2O3S. The van der Waals surface area contributed by atoms with E-state index in [-0.39, 0.29) is 16.5 Å². The van der Waals surface area contributed by atoms with Gasteiger partial charge in [0.1, 0.15) is 5.82 Å². The van der Waals surface area contributed by atoms with E-state index in [1.807, 2.05) is 32.0 Å². The summed E-state index contributed by atoms with van der Waals surface area (Å²) >= 11 is 0. The minimum atomic E-state index is -3.84. The SMILES string of the molecule is Cc1ccc(C)c(NC(=O)c2ccc(S(=O)(=O)Nc3ccc(F)cc3)cc2)c1. The molecule has 0 aliphatic carbocycles. The number of sulfonamides is 1. The van der Waals surface area contributed by atoms with Crippen LogP contribution >= 0.6 is 0 Å². The highest BCUT2D eigenvalue weighted by Gasteiger charge is 2.16. The number of benzene rings is 3. The molecule has 3 aromatic carbocycles. The zero-order chi connectivity index (χ0) is 20.3. The molecule has 0 aliphatic rings. The van der Waals surface area contributed by atoms with Crippen molar-refractivity contribution in [3.63, 3.8) is 0 Å². The summed E-state index contributed by atoms with van der Waals surface area (Å²) in [6.45, 7) is 3.83. The summed E-state index contributed by atoms with van der Waals surface area (Å²) in [5.74, 6) is -0.786. The minimum Gasteiger partial charge on any atom is -0.322 e. The van der Waals surface area contributed by atoms with E-state index in [0.717, 1.165) is 11.1 Å². The molecule has 1 amide bonds. The molecule has 0 saturated heterocycles. The van der Waals surface area contributed by atoms with Gasteiger partial charge in [0.05, 0.1) is 4.90 Å². The van der Waals surface area contributed by atoms with Gasteiger partial charge in [0.15, 0.2) is 0 Å². The summed E-state index contributed by atoms with van der Waals surface area (Å²) in [4.78, 5) is 12.4. The number of carbonyl (C=O) groups excluding carboxylic acids is 1. The number of halogens is 1. The van der Waals surface area contributed by atoms with Crippen LogP contribution in [0.4, 0.5) is 15.8 Å². The number of nitrogens with one attached hydrogen (secondary N) is 2. The zero-order valence-electron chi connectivity index (χ0n) is 15.4. The third kappa shape index (κ3) is 4.55. The topological polar surface area (TPSA) is 75.3 Å². The fourth-order valence-corrected chi connectivity index (χ4v) is 3.64. The molecule has 0 heterocycles. The standard InChI is InChI=1S/C21H19FN2O3S/c1-14-3-4-15(2)20(13-14)23-21(25)16-5-11-19(12-6-16)28(26,27)24-18-9-7-17(22)8-10-18/h3-13,24H,1-2H3,(H,23,25). The van der Waals surface area contributed by atoms with Crippen molar-refractivity contribution >= 4 is 27.3 Å². The number of anilines is 2. The molecule has 0 saturated carbocycles. The predicted molar refractivity (Wildman–Crippen MR) is 108 cm³/mol. The lowest BCUT2D eigenvalue weighted by molar-refractivity contribution is 0.102. The summed E-state index contributed by atoms with van der Waals surface area (Å²) in [6, 6.07) is 16.3. The highest BCUT2D eigenvalue weighted by molar-refractivity contribution is 7.92. The number of amides is 1. The van der Waals surface area contributed by atoms with Gasteiger partial charge in [-0.05, 0) is 79.6 Å². The molecule has 2 N–H and O–H groups in total. The van der Waals surface area contributed by atoms with Crippen LogP contribution < -0.4 is 10.0 Å². The van der Waals surface area contributed by atoms with Gasteiger partial charge in [-0.1, -0.05) is 12.1 Å². The molecule has 0 fully saturated rings. The molecule has 0 radical (unpaired) electrons. The van der Waals surface area contributed by atoms with Crippen molar-refractivity contribution < 1.29 is 17.6 Å². The molecule has 0 bridgehead atoms. The van der Waals surface area contributed by atoms with Gasteiger partial charge in [-0.15, -0.1) is 0 Å². The van der Waals surface area contributed by atoms with Gasteiger partial charge >= 0.3 is 0 Å². The number of aryl methyl sites for hydroxylation is 2. The molecule has 144 valence electrons. The Morgan fingerprint density at radius 1 is 0.893 bits per heavy atom. The van der Waals surface area contributed by atoms with Crippen LogP contribution in [0, 0.1) is 19.7 Å². The average molecular weight is 398 g/mol. The smallest absolute Gasteiger partial charge is 0.261 e. The maximum absolute atomic E-state index is 13.0. The first-order chi connectivity index (χ1) is 13.2. The Morgan fingerprint density at radius 3 is 2.18 bits per heavy atom. The van der Waals surface area contributed by atoms with Crippen LogP contribution in [-0.2, 0) is 10.0 Å². The second kappa shape index (κ2) is 7.82. The Kier molecular flexibility index (Phi) is 5.46. The van der Waals surface area contributed by atoms with Crippen molar-refractivity contribution in [1.29, 1.82) is 0 Å². The van der Waals surface area contributed by atoms with E-state index in [1.165, 1.54) is 48.5 Å². The Balaban J connectivity index is 1.75. The predicted octanol–water partition coefficient (Wildman–Crippen LogP) is 4.50. The van der Waals surface area contributed by atoms with E-state index in [0.29, 0.717) is 11.3 Å². The van der Waals surface area contributed by atoms with Crippen molar-refractivity contribution in [2.75, 3.05) is 10.0 Å². The monoisotopic (exact) mass is 398 g/mol.